The molecule has 2 N–H and O–H groups in total. The maximum atomic E-state index is 12.7. The molecule has 0 fully saturated rings. The van der Waals surface area contributed by atoms with Crippen LogP contribution in [0, 0.1) is 0 Å². The summed E-state index contributed by atoms with van der Waals surface area (Å²) >= 11 is 0. The molecule has 0 saturated heterocycles. The fraction of sp³-hybridized carbons (Fsp3) is 0.154. The van der Waals surface area contributed by atoms with E-state index in [-0.39, 0.29) is 12.3 Å². The lowest BCUT2D eigenvalue weighted by Crippen LogP contribution is -2.10. The molecule has 0 aliphatic heterocycles. The van der Waals surface area contributed by atoms with Crippen molar-refractivity contribution in [2.45, 2.75) is 12.8 Å². The number of nitrogen functional groups attached to an aromatic ring is 1. The van der Waals surface area contributed by atoms with E-state index in [1.165, 1.54) is 18.3 Å². The predicted octanol–water partition coefficient (Wildman–Crippen LogP) is 3.26. The van der Waals surface area contributed by atoms with E-state index in [4.69, 9.17) is 10.5 Å². The van der Waals surface area contributed by atoms with Gasteiger partial charge in [-0.25, -0.2) is 0 Å². The van der Waals surface area contributed by atoms with Gasteiger partial charge in [0.05, 0.1) is 11.8 Å². The van der Waals surface area contributed by atoms with E-state index < -0.39 is 11.7 Å². The van der Waals surface area contributed by atoms with Crippen molar-refractivity contribution in [3.8, 4) is 5.75 Å². The zero-order chi connectivity index (χ0) is 13.9. The van der Waals surface area contributed by atoms with Crippen molar-refractivity contribution in [3.05, 3.63) is 53.9 Å². The quantitative estimate of drug-likeness (QED) is 0.869. The first-order valence-electron chi connectivity index (χ1n) is 5.45. The van der Waals surface area contributed by atoms with Gasteiger partial charge in [0.15, 0.2) is 0 Å². The maximum Gasteiger partial charge on any atom is 0.418 e. The molecule has 3 nitrogen and oxygen atoms in total. The maximum absolute atomic E-state index is 12.7. The highest BCUT2D eigenvalue weighted by molar-refractivity contribution is 5.50. The number of nitrogens with two attached hydrogens (primary N) is 1. The second-order valence-corrected chi connectivity index (χ2v) is 3.90. The molecule has 0 atom stereocenters. The topological polar surface area (TPSA) is 48.1 Å². The third kappa shape index (κ3) is 3.37. The van der Waals surface area contributed by atoms with Gasteiger partial charge in [-0.15, -0.1) is 0 Å². The van der Waals surface area contributed by atoms with Gasteiger partial charge in [0.2, 0.25) is 0 Å². The average molecular weight is 268 g/mol. The first-order valence-corrected chi connectivity index (χ1v) is 5.45. The van der Waals surface area contributed by atoms with Gasteiger partial charge in [0, 0.05) is 11.9 Å². The lowest BCUT2D eigenvalue weighted by Gasteiger charge is -2.12. The van der Waals surface area contributed by atoms with E-state index in [1.54, 1.807) is 18.3 Å². The molecule has 6 heteroatoms. The van der Waals surface area contributed by atoms with Crippen LogP contribution in [0.25, 0.3) is 0 Å². The van der Waals surface area contributed by atoms with Crippen LogP contribution in [0.15, 0.2) is 42.7 Å². The second kappa shape index (κ2) is 5.17. The van der Waals surface area contributed by atoms with Gasteiger partial charge in [0.25, 0.3) is 0 Å². The molecule has 0 aliphatic rings. The van der Waals surface area contributed by atoms with Gasteiger partial charge < -0.3 is 10.5 Å². The number of rotatable bonds is 3. The SMILES string of the molecule is Nc1ccc(COc2cccnc2)cc1C(F)(F)F. The van der Waals surface area contributed by atoms with Gasteiger partial charge in [0.1, 0.15) is 12.4 Å². The molecular formula is C13H11F3N2O. The second-order valence-electron chi connectivity index (χ2n) is 3.90. The van der Waals surface area contributed by atoms with Crippen LogP contribution in [0.5, 0.6) is 5.75 Å². The van der Waals surface area contributed by atoms with Crippen LogP contribution in [0.3, 0.4) is 0 Å². The number of hydrogen-bond donors (Lipinski definition) is 1. The van der Waals surface area contributed by atoms with Crippen LogP contribution in [0.1, 0.15) is 11.1 Å². The molecule has 0 radical (unpaired) electrons. The summed E-state index contributed by atoms with van der Waals surface area (Å²) in [6, 6.07) is 7.08. The van der Waals surface area contributed by atoms with Crippen LogP contribution in [-0.2, 0) is 12.8 Å². The molecule has 0 unspecified atom stereocenters. The number of nitrogens with zero attached hydrogens (tertiary/aromatic N) is 1. The average Bonchev–Trinajstić information content (AvgIpc) is 2.37. The monoisotopic (exact) mass is 268 g/mol. The molecule has 0 spiro atoms. The van der Waals surface area contributed by atoms with Crippen LogP contribution >= 0.6 is 0 Å². The molecular weight excluding hydrogens is 257 g/mol. The van der Waals surface area contributed by atoms with Crippen LogP contribution in [0.2, 0.25) is 0 Å². The number of pyridine rings is 1. The molecule has 2 rings (SSSR count). The van der Waals surface area contributed by atoms with Crippen molar-refractivity contribution in [2.24, 2.45) is 0 Å². The van der Waals surface area contributed by atoms with Gasteiger partial charge in [-0.05, 0) is 29.8 Å². The van der Waals surface area contributed by atoms with Gasteiger partial charge in [-0.2, -0.15) is 13.2 Å². The minimum absolute atomic E-state index is 0.0229. The van der Waals surface area contributed by atoms with Gasteiger partial charge in [-0.3, -0.25) is 4.98 Å². The molecule has 1 aromatic heterocycles. The standard InChI is InChI=1S/C13H11F3N2O/c14-13(15,16)11-6-9(3-4-12(11)17)8-19-10-2-1-5-18-7-10/h1-7H,8,17H2. The van der Waals surface area contributed by atoms with E-state index in [0.717, 1.165) is 6.07 Å². The van der Waals surface area contributed by atoms with Crippen LogP contribution < -0.4 is 10.5 Å². The fourth-order valence-electron chi connectivity index (χ4n) is 1.54. The van der Waals surface area contributed by atoms with Crippen molar-refractivity contribution in [3.63, 3.8) is 0 Å². The Morgan fingerprint density at radius 2 is 2.00 bits per heavy atom. The highest BCUT2D eigenvalue weighted by Crippen LogP contribution is 2.34. The number of anilines is 1. The summed E-state index contributed by atoms with van der Waals surface area (Å²) in [5.74, 6) is 0.493. The number of aromatic nitrogens is 1. The summed E-state index contributed by atoms with van der Waals surface area (Å²) in [4.78, 5) is 3.84. The van der Waals surface area contributed by atoms with E-state index in [0.29, 0.717) is 11.3 Å². The number of ether oxygens (including phenoxy) is 1. The van der Waals surface area contributed by atoms with Crippen molar-refractivity contribution in [2.75, 3.05) is 5.73 Å². The summed E-state index contributed by atoms with van der Waals surface area (Å²) in [5.41, 5.74) is 4.56. The molecule has 0 aliphatic carbocycles. The number of benzene rings is 1. The third-order valence-electron chi connectivity index (χ3n) is 2.46. The summed E-state index contributed by atoms with van der Waals surface area (Å²) < 4.78 is 43.3. The van der Waals surface area contributed by atoms with Crippen LogP contribution in [-0.4, -0.2) is 4.98 Å². The van der Waals surface area contributed by atoms with Crippen LogP contribution in [0.4, 0.5) is 18.9 Å². The Kier molecular flexibility index (Phi) is 3.59. The molecule has 0 bridgehead atoms. The van der Waals surface area contributed by atoms with E-state index in [1.807, 2.05) is 0 Å². The van der Waals surface area contributed by atoms with Crippen molar-refractivity contribution < 1.29 is 17.9 Å². The molecule has 19 heavy (non-hydrogen) atoms. The van der Waals surface area contributed by atoms with E-state index in [2.05, 4.69) is 4.98 Å². The number of halogens is 3. The van der Waals surface area contributed by atoms with E-state index in [9.17, 15) is 13.2 Å². The number of hydrogen-bond acceptors (Lipinski definition) is 3. The minimum Gasteiger partial charge on any atom is -0.487 e. The molecule has 100 valence electrons. The zero-order valence-corrected chi connectivity index (χ0v) is 9.82. The Morgan fingerprint density at radius 3 is 2.63 bits per heavy atom. The Hall–Kier alpha value is -2.24. The summed E-state index contributed by atoms with van der Waals surface area (Å²) in [6.07, 6.45) is -1.39. The highest BCUT2D eigenvalue weighted by atomic mass is 19.4. The smallest absolute Gasteiger partial charge is 0.418 e. The predicted molar refractivity (Wildman–Crippen MR) is 64.4 cm³/mol. The first kappa shape index (κ1) is 13.2. The number of alkyl halides is 3. The summed E-state index contributed by atoms with van der Waals surface area (Å²) in [7, 11) is 0. The molecule has 0 amide bonds. The molecule has 2 aromatic rings. The highest BCUT2D eigenvalue weighted by Gasteiger charge is 2.33. The minimum atomic E-state index is -4.46. The lowest BCUT2D eigenvalue weighted by atomic mass is 10.1. The van der Waals surface area contributed by atoms with Gasteiger partial charge in [-0.1, -0.05) is 6.07 Å². The van der Waals surface area contributed by atoms with E-state index >= 15 is 0 Å². The molecule has 1 aromatic carbocycles. The largest absolute Gasteiger partial charge is 0.487 e. The Labute approximate surface area is 107 Å². The Balaban J connectivity index is 2.14. The third-order valence-corrected chi connectivity index (χ3v) is 2.46. The normalized spacial score (nSPS) is 11.3. The lowest BCUT2D eigenvalue weighted by molar-refractivity contribution is -0.137. The molecule has 0 saturated carbocycles. The zero-order valence-electron chi connectivity index (χ0n) is 9.82. The summed E-state index contributed by atoms with van der Waals surface area (Å²) in [5, 5.41) is 0. The Morgan fingerprint density at radius 1 is 1.21 bits per heavy atom. The van der Waals surface area contributed by atoms with Crippen molar-refractivity contribution in [1.29, 1.82) is 0 Å². The van der Waals surface area contributed by atoms with Crippen molar-refractivity contribution in [1.82, 2.24) is 4.98 Å². The summed E-state index contributed by atoms with van der Waals surface area (Å²) in [6.45, 7) is 0.0229. The van der Waals surface area contributed by atoms with Crippen molar-refractivity contribution >= 4 is 5.69 Å². The fourth-order valence-corrected chi connectivity index (χ4v) is 1.54. The Bertz CT molecular complexity index is 556. The van der Waals surface area contributed by atoms with Gasteiger partial charge >= 0.3 is 6.18 Å². The first-order chi connectivity index (χ1) is 8.97. The molecule has 1 heterocycles.